The summed E-state index contributed by atoms with van der Waals surface area (Å²) in [6.45, 7) is 1.64. The topological polar surface area (TPSA) is 52.0 Å². The highest BCUT2D eigenvalue weighted by molar-refractivity contribution is 7.16. The van der Waals surface area contributed by atoms with Gasteiger partial charge in [-0.3, -0.25) is 4.79 Å². The number of methoxy groups -OCH3 is 2. The van der Waals surface area contributed by atoms with Crippen molar-refractivity contribution in [2.24, 2.45) is 0 Å². The summed E-state index contributed by atoms with van der Waals surface area (Å²) < 4.78 is 11.2. The molecule has 5 nitrogen and oxygen atoms in total. The Hall–Kier alpha value is -1.76. The highest BCUT2D eigenvalue weighted by atomic mass is 35.5. The molecule has 0 radical (unpaired) electrons. The fourth-order valence-electron chi connectivity index (χ4n) is 2.33. The van der Waals surface area contributed by atoms with E-state index in [-0.39, 0.29) is 5.91 Å². The van der Waals surface area contributed by atoms with Crippen LogP contribution in [0.15, 0.2) is 30.3 Å². The van der Waals surface area contributed by atoms with Crippen molar-refractivity contribution in [2.75, 3.05) is 27.8 Å². The Balaban J connectivity index is 1.82. The summed E-state index contributed by atoms with van der Waals surface area (Å²) in [5, 5.41) is 2.93. The molecule has 0 aliphatic rings. The van der Waals surface area contributed by atoms with Crippen LogP contribution in [0.4, 0.5) is 0 Å². The molecular weight excluding hydrogens is 348 g/mol. The zero-order valence-electron chi connectivity index (χ0n) is 14.0. The molecule has 0 fully saturated rings. The Labute approximate surface area is 151 Å². The molecule has 2 N–H and O–H groups in total. The molecule has 0 saturated heterocycles. The minimum atomic E-state index is 0.00457. The van der Waals surface area contributed by atoms with E-state index >= 15 is 0 Å². The molecule has 0 spiro atoms. The van der Waals surface area contributed by atoms with Gasteiger partial charge in [0.25, 0.3) is 5.91 Å². The molecule has 1 atom stereocenters. The highest BCUT2D eigenvalue weighted by Crippen LogP contribution is 2.27. The number of quaternary nitrogens is 1. The number of hydrogen-bond donors (Lipinski definition) is 2. The summed E-state index contributed by atoms with van der Waals surface area (Å²) in [6, 6.07) is 9.48. The van der Waals surface area contributed by atoms with Crippen LogP contribution in [-0.2, 0) is 17.9 Å². The second-order valence-corrected chi connectivity index (χ2v) is 7.28. The van der Waals surface area contributed by atoms with Crippen LogP contribution < -0.4 is 19.7 Å². The molecule has 1 heterocycles. The maximum Gasteiger partial charge on any atom is 0.275 e. The predicted molar refractivity (Wildman–Crippen MR) is 96.2 cm³/mol. The first kappa shape index (κ1) is 18.6. The first-order valence-electron chi connectivity index (χ1n) is 7.55. The number of halogens is 1. The van der Waals surface area contributed by atoms with E-state index in [1.54, 1.807) is 25.6 Å². The number of rotatable bonds is 8. The van der Waals surface area contributed by atoms with Gasteiger partial charge in [-0.1, -0.05) is 17.7 Å². The molecule has 0 bridgehead atoms. The number of likely N-dealkylation sites (N-methyl/N-ethyl adjacent to an activating group) is 1. The van der Waals surface area contributed by atoms with Crippen molar-refractivity contribution in [3.63, 3.8) is 0 Å². The van der Waals surface area contributed by atoms with Crippen LogP contribution in [0.5, 0.6) is 11.5 Å². The predicted octanol–water partition coefficient (Wildman–Crippen LogP) is 1.75. The third kappa shape index (κ3) is 5.40. The van der Waals surface area contributed by atoms with Gasteiger partial charge in [-0.15, -0.1) is 11.3 Å². The number of ether oxygens (including phenoxy) is 2. The van der Waals surface area contributed by atoms with Crippen molar-refractivity contribution in [1.29, 1.82) is 0 Å². The van der Waals surface area contributed by atoms with Crippen molar-refractivity contribution in [1.82, 2.24) is 5.32 Å². The van der Waals surface area contributed by atoms with Gasteiger partial charge >= 0.3 is 0 Å². The van der Waals surface area contributed by atoms with Gasteiger partial charge in [0.2, 0.25) is 0 Å². The molecule has 1 amide bonds. The number of amides is 1. The van der Waals surface area contributed by atoms with E-state index < -0.39 is 0 Å². The normalized spacial score (nSPS) is 11.8. The first-order chi connectivity index (χ1) is 11.5. The average Bonchev–Trinajstić information content (AvgIpc) is 2.97. The SMILES string of the molecule is COc1ccc(CNC(=O)C[NH+](C)Cc2ccc(Cl)s2)cc1OC. The lowest BCUT2D eigenvalue weighted by atomic mass is 10.2. The van der Waals surface area contributed by atoms with Crippen LogP contribution in [0.25, 0.3) is 0 Å². The summed E-state index contributed by atoms with van der Waals surface area (Å²) >= 11 is 7.47. The van der Waals surface area contributed by atoms with Crippen LogP contribution in [0.3, 0.4) is 0 Å². The molecule has 2 aromatic rings. The summed E-state index contributed by atoms with van der Waals surface area (Å²) in [5.74, 6) is 1.33. The lowest BCUT2D eigenvalue weighted by Crippen LogP contribution is -3.08. The molecule has 1 unspecified atom stereocenters. The van der Waals surface area contributed by atoms with Crippen molar-refractivity contribution in [2.45, 2.75) is 13.1 Å². The van der Waals surface area contributed by atoms with Crippen LogP contribution in [0, 0.1) is 0 Å². The van der Waals surface area contributed by atoms with Gasteiger partial charge in [0.15, 0.2) is 18.0 Å². The fraction of sp³-hybridized carbons (Fsp3) is 0.353. The van der Waals surface area contributed by atoms with Crippen molar-refractivity contribution in [3.8, 4) is 11.5 Å². The van der Waals surface area contributed by atoms with Crippen molar-refractivity contribution in [3.05, 3.63) is 45.1 Å². The molecule has 1 aromatic heterocycles. The van der Waals surface area contributed by atoms with Crippen LogP contribution in [-0.4, -0.2) is 33.7 Å². The van der Waals surface area contributed by atoms with E-state index in [0.717, 1.165) is 21.3 Å². The number of carbonyl (C=O) groups excluding carboxylic acids is 1. The van der Waals surface area contributed by atoms with Gasteiger partial charge in [-0.05, 0) is 29.8 Å². The van der Waals surface area contributed by atoms with Crippen molar-refractivity contribution < 1.29 is 19.2 Å². The van der Waals surface area contributed by atoms with E-state index in [1.807, 2.05) is 37.4 Å². The van der Waals surface area contributed by atoms with E-state index in [4.69, 9.17) is 21.1 Å². The quantitative estimate of drug-likeness (QED) is 0.745. The van der Waals surface area contributed by atoms with Crippen LogP contribution in [0.2, 0.25) is 4.34 Å². The zero-order chi connectivity index (χ0) is 17.5. The number of thiophene rings is 1. The Morgan fingerprint density at radius 2 is 1.96 bits per heavy atom. The van der Waals surface area contributed by atoms with Gasteiger partial charge in [0.1, 0.15) is 6.54 Å². The third-order valence-corrected chi connectivity index (χ3v) is 4.74. The van der Waals surface area contributed by atoms with Gasteiger partial charge in [-0.2, -0.15) is 0 Å². The first-order valence-corrected chi connectivity index (χ1v) is 8.74. The summed E-state index contributed by atoms with van der Waals surface area (Å²) in [7, 11) is 5.18. The molecular formula is C17H22ClN2O3S+. The highest BCUT2D eigenvalue weighted by Gasteiger charge is 2.12. The summed E-state index contributed by atoms with van der Waals surface area (Å²) in [4.78, 5) is 14.4. The lowest BCUT2D eigenvalue weighted by Gasteiger charge is -2.13. The van der Waals surface area contributed by atoms with E-state index in [9.17, 15) is 4.79 Å². The monoisotopic (exact) mass is 369 g/mol. The second kappa shape index (κ2) is 8.92. The van der Waals surface area contributed by atoms with E-state index in [0.29, 0.717) is 24.6 Å². The molecule has 0 aliphatic heterocycles. The van der Waals surface area contributed by atoms with Gasteiger partial charge < -0.3 is 19.7 Å². The molecule has 130 valence electrons. The largest absolute Gasteiger partial charge is 0.493 e. The zero-order valence-corrected chi connectivity index (χ0v) is 15.6. The minimum Gasteiger partial charge on any atom is -0.493 e. The maximum atomic E-state index is 12.1. The number of benzene rings is 1. The molecule has 7 heteroatoms. The van der Waals surface area contributed by atoms with E-state index in [1.165, 1.54) is 4.88 Å². The molecule has 2 rings (SSSR count). The Bertz CT molecular complexity index is 690. The molecule has 1 aromatic carbocycles. The molecule has 0 saturated carbocycles. The fourth-order valence-corrected chi connectivity index (χ4v) is 3.54. The number of nitrogens with one attached hydrogen (secondary N) is 2. The van der Waals surface area contributed by atoms with Crippen molar-refractivity contribution >= 4 is 28.8 Å². The number of hydrogen-bond acceptors (Lipinski definition) is 4. The molecule has 24 heavy (non-hydrogen) atoms. The molecule has 0 aliphatic carbocycles. The van der Waals surface area contributed by atoms with E-state index in [2.05, 4.69) is 5.32 Å². The Kier molecular flexibility index (Phi) is 6.90. The van der Waals surface area contributed by atoms with Gasteiger partial charge in [0.05, 0.1) is 30.5 Å². The average molecular weight is 370 g/mol. The van der Waals surface area contributed by atoms with Gasteiger partial charge in [-0.25, -0.2) is 0 Å². The second-order valence-electron chi connectivity index (χ2n) is 5.48. The lowest BCUT2D eigenvalue weighted by molar-refractivity contribution is -0.885. The summed E-state index contributed by atoms with van der Waals surface area (Å²) in [6.07, 6.45) is 0. The van der Waals surface area contributed by atoms with Crippen LogP contribution >= 0.6 is 22.9 Å². The number of carbonyl (C=O) groups is 1. The smallest absolute Gasteiger partial charge is 0.275 e. The van der Waals surface area contributed by atoms with Crippen LogP contribution in [0.1, 0.15) is 10.4 Å². The maximum absolute atomic E-state index is 12.1. The Morgan fingerprint density at radius 3 is 2.58 bits per heavy atom. The standard InChI is InChI=1S/C17H21ClN2O3S/c1-20(10-13-5-7-16(18)24-13)11-17(21)19-9-12-4-6-14(22-2)15(8-12)23-3/h4-8H,9-11H2,1-3H3,(H,19,21)/p+1. The summed E-state index contributed by atoms with van der Waals surface area (Å²) in [5.41, 5.74) is 0.962. The third-order valence-electron chi connectivity index (χ3n) is 3.50. The Morgan fingerprint density at radius 1 is 1.21 bits per heavy atom. The van der Waals surface area contributed by atoms with Gasteiger partial charge in [0, 0.05) is 6.54 Å². The minimum absolute atomic E-state index is 0.00457.